The first-order valence-electron chi connectivity index (χ1n) is 5.93. The van der Waals surface area contributed by atoms with Crippen LogP contribution in [0.1, 0.15) is 27.4 Å². The number of aromatic carboxylic acids is 1. The van der Waals surface area contributed by atoms with Crippen LogP contribution < -0.4 is 0 Å². The van der Waals surface area contributed by atoms with Crippen molar-refractivity contribution in [3.05, 3.63) is 52.7 Å². The minimum Gasteiger partial charge on any atom is -0.478 e. The molecular formula is C14H13FN2O2S. The average Bonchev–Trinajstić information content (AvgIpc) is 2.36. The van der Waals surface area contributed by atoms with E-state index in [0.29, 0.717) is 27.9 Å². The molecule has 0 aliphatic heterocycles. The van der Waals surface area contributed by atoms with E-state index in [1.165, 1.54) is 17.8 Å². The fourth-order valence-electron chi connectivity index (χ4n) is 1.79. The maximum atomic E-state index is 13.5. The third-order valence-corrected chi connectivity index (χ3v) is 3.73. The van der Waals surface area contributed by atoms with Crippen LogP contribution in [0.25, 0.3) is 0 Å². The predicted octanol–water partition coefficient (Wildman–Crippen LogP) is 3.22. The van der Waals surface area contributed by atoms with Crippen molar-refractivity contribution < 1.29 is 14.3 Å². The summed E-state index contributed by atoms with van der Waals surface area (Å²) in [5.74, 6) is -0.551. The van der Waals surface area contributed by atoms with Crippen molar-refractivity contribution in [1.82, 2.24) is 9.97 Å². The van der Waals surface area contributed by atoms with Crippen LogP contribution in [0.15, 0.2) is 29.3 Å². The van der Waals surface area contributed by atoms with E-state index >= 15 is 0 Å². The van der Waals surface area contributed by atoms with Gasteiger partial charge in [-0.25, -0.2) is 19.2 Å². The van der Waals surface area contributed by atoms with Crippen LogP contribution in [-0.4, -0.2) is 21.0 Å². The minimum atomic E-state index is -1.07. The van der Waals surface area contributed by atoms with Crippen LogP contribution in [0.4, 0.5) is 4.39 Å². The second kappa shape index (κ2) is 6.00. The summed E-state index contributed by atoms with van der Waals surface area (Å²) in [5.41, 5.74) is 1.01. The molecule has 0 aliphatic rings. The molecule has 2 rings (SSSR count). The summed E-state index contributed by atoms with van der Waals surface area (Å²) in [7, 11) is 0. The van der Waals surface area contributed by atoms with Crippen LogP contribution >= 0.6 is 11.8 Å². The zero-order valence-corrected chi connectivity index (χ0v) is 11.9. The van der Waals surface area contributed by atoms with E-state index in [1.54, 1.807) is 32.0 Å². The lowest BCUT2D eigenvalue weighted by Gasteiger charge is -2.09. The molecule has 4 nitrogen and oxygen atoms in total. The van der Waals surface area contributed by atoms with Gasteiger partial charge in [0, 0.05) is 5.75 Å². The number of rotatable bonds is 4. The van der Waals surface area contributed by atoms with Gasteiger partial charge in [0.15, 0.2) is 0 Å². The van der Waals surface area contributed by atoms with Crippen LogP contribution in [0.3, 0.4) is 0 Å². The van der Waals surface area contributed by atoms with Crippen LogP contribution in [0.2, 0.25) is 0 Å². The molecule has 0 unspecified atom stereocenters. The number of carboxylic acids is 1. The third-order valence-electron chi connectivity index (χ3n) is 2.70. The maximum Gasteiger partial charge on any atom is 0.340 e. The number of benzene rings is 1. The van der Waals surface area contributed by atoms with E-state index in [9.17, 15) is 14.3 Å². The minimum absolute atomic E-state index is 0.0805. The Morgan fingerprint density at radius 2 is 2.00 bits per heavy atom. The highest BCUT2D eigenvalue weighted by Crippen LogP contribution is 2.27. The van der Waals surface area contributed by atoms with Gasteiger partial charge in [0.25, 0.3) is 0 Å². The summed E-state index contributed by atoms with van der Waals surface area (Å²) in [6.45, 7) is 3.33. The molecule has 1 heterocycles. The van der Waals surface area contributed by atoms with Crippen molar-refractivity contribution in [3.8, 4) is 0 Å². The summed E-state index contributed by atoms with van der Waals surface area (Å²) < 4.78 is 13.5. The smallest absolute Gasteiger partial charge is 0.340 e. The number of carbonyl (C=O) groups is 1. The summed E-state index contributed by atoms with van der Waals surface area (Å²) in [6, 6.07) is 6.41. The standard InChI is InChI=1S/C14H13FN2O2S/c1-8-12(14(18)19)13(17-9(2)16-8)20-7-10-5-3-4-6-11(10)15/h3-6H,7H2,1-2H3,(H,18,19). The molecule has 0 aliphatic carbocycles. The molecule has 1 aromatic carbocycles. The molecule has 104 valence electrons. The van der Waals surface area contributed by atoms with Crippen LogP contribution in [0.5, 0.6) is 0 Å². The van der Waals surface area contributed by atoms with Gasteiger partial charge in [0.2, 0.25) is 0 Å². The van der Waals surface area contributed by atoms with Gasteiger partial charge in [-0.1, -0.05) is 18.2 Å². The molecular weight excluding hydrogens is 279 g/mol. The number of halogens is 1. The van der Waals surface area contributed by atoms with Gasteiger partial charge in [-0.15, -0.1) is 11.8 Å². The second-order valence-corrected chi connectivity index (χ2v) is 5.19. The second-order valence-electron chi connectivity index (χ2n) is 4.22. The third kappa shape index (κ3) is 3.14. The molecule has 0 fully saturated rings. The van der Waals surface area contributed by atoms with Crippen molar-refractivity contribution >= 4 is 17.7 Å². The predicted molar refractivity (Wildman–Crippen MR) is 74.4 cm³/mol. The fraction of sp³-hybridized carbons (Fsp3) is 0.214. The summed E-state index contributed by atoms with van der Waals surface area (Å²) >= 11 is 1.20. The van der Waals surface area contributed by atoms with E-state index in [4.69, 9.17) is 0 Å². The molecule has 1 aromatic heterocycles. The van der Waals surface area contributed by atoms with E-state index < -0.39 is 5.97 Å². The molecule has 0 saturated carbocycles. The lowest BCUT2D eigenvalue weighted by atomic mass is 10.2. The van der Waals surface area contributed by atoms with Crippen molar-refractivity contribution in [2.75, 3.05) is 0 Å². The highest BCUT2D eigenvalue weighted by molar-refractivity contribution is 7.98. The summed E-state index contributed by atoms with van der Waals surface area (Å²) in [4.78, 5) is 19.5. The average molecular weight is 292 g/mol. The van der Waals surface area contributed by atoms with Gasteiger partial charge >= 0.3 is 5.97 Å². The van der Waals surface area contributed by atoms with Crippen molar-refractivity contribution in [1.29, 1.82) is 0 Å². The zero-order chi connectivity index (χ0) is 14.7. The quantitative estimate of drug-likeness (QED) is 0.692. The fourth-order valence-corrected chi connectivity index (χ4v) is 2.90. The maximum absolute atomic E-state index is 13.5. The molecule has 0 radical (unpaired) electrons. The van der Waals surface area contributed by atoms with E-state index in [1.807, 2.05) is 0 Å². The Morgan fingerprint density at radius 1 is 1.30 bits per heavy atom. The van der Waals surface area contributed by atoms with Gasteiger partial charge in [-0.3, -0.25) is 0 Å². The Morgan fingerprint density at radius 3 is 2.65 bits per heavy atom. The first-order chi connectivity index (χ1) is 9.49. The normalized spacial score (nSPS) is 10.6. The first-order valence-corrected chi connectivity index (χ1v) is 6.92. The molecule has 2 aromatic rings. The molecule has 6 heteroatoms. The van der Waals surface area contributed by atoms with Crippen molar-refractivity contribution in [3.63, 3.8) is 0 Å². The Labute approximate surface area is 120 Å². The number of aryl methyl sites for hydroxylation is 2. The summed E-state index contributed by atoms with van der Waals surface area (Å²) in [5, 5.41) is 9.59. The highest BCUT2D eigenvalue weighted by Gasteiger charge is 2.17. The van der Waals surface area contributed by atoms with Gasteiger partial charge < -0.3 is 5.11 Å². The SMILES string of the molecule is Cc1nc(C)c(C(=O)O)c(SCc2ccccc2F)n1. The summed E-state index contributed by atoms with van der Waals surface area (Å²) in [6.07, 6.45) is 0. The molecule has 0 spiro atoms. The van der Waals surface area contributed by atoms with E-state index in [-0.39, 0.29) is 11.4 Å². The number of aromatic nitrogens is 2. The molecule has 20 heavy (non-hydrogen) atoms. The number of nitrogens with zero attached hydrogens (tertiary/aromatic N) is 2. The van der Waals surface area contributed by atoms with Crippen molar-refractivity contribution in [2.24, 2.45) is 0 Å². The largest absolute Gasteiger partial charge is 0.478 e. The van der Waals surface area contributed by atoms with E-state index in [2.05, 4.69) is 9.97 Å². The Balaban J connectivity index is 2.30. The lowest BCUT2D eigenvalue weighted by Crippen LogP contribution is -2.08. The Hall–Kier alpha value is -1.95. The molecule has 0 atom stereocenters. The van der Waals surface area contributed by atoms with Gasteiger partial charge in [0.05, 0.1) is 5.69 Å². The molecule has 0 amide bonds. The van der Waals surface area contributed by atoms with Gasteiger partial charge in [0.1, 0.15) is 22.2 Å². The van der Waals surface area contributed by atoms with Crippen molar-refractivity contribution in [2.45, 2.75) is 24.6 Å². The topological polar surface area (TPSA) is 63.1 Å². The number of thioether (sulfide) groups is 1. The number of hydrogen-bond acceptors (Lipinski definition) is 4. The van der Waals surface area contributed by atoms with Crippen LogP contribution in [-0.2, 0) is 5.75 Å². The Kier molecular flexibility index (Phi) is 4.34. The van der Waals surface area contributed by atoms with E-state index in [0.717, 1.165) is 0 Å². The zero-order valence-electron chi connectivity index (χ0n) is 11.1. The highest BCUT2D eigenvalue weighted by atomic mass is 32.2. The Bertz CT molecular complexity index is 662. The monoisotopic (exact) mass is 292 g/mol. The number of hydrogen-bond donors (Lipinski definition) is 1. The molecule has 0 saturated heterocycles. The molecule has 0 bridgehead atoms. The number of carboxylic acid groups (broad SMARTS) is 1. The molecule has 1 N–H and O–H groups in total. The first kappa shape index (κ1) is 14.5. The van der Waals surface area contributed by atoms with Gasteiger partial charge in [-0.05, 0) is 25.5 Å². The van der Waals surface area contributed by atoms with Crippen LogP contribution in [0, 0.1) is 19.7 Å². The lowest BCUT2D eigenvalue weighted by molar-refractivity contribution is 0.0690. The van der Waals surface area contributed by atoms with Gasteiger partial charge in [-0.2, -0.15) is 0 Å².